The molecule has 4 rings (SSSR count). The van der Waals surface area contributed by atoms with Gasteiger partial charge >= 0.3 is 5.97 Å². The third-order valence-electron chi connectivity index (χ3n) is 6.09. The molecule has 1 aromatic heterocycles. The summed E-state index contributed by atoms with van der Waals surface area (Å²) < 4.78 is 18.8. The largest absolute Gasteiger partial charge is 0.490 e. The van der Waals surface area contributed by atoms with Gasteiger partial charge in [-0.25, -0.2) is 9.48 Å². The highest BCUT2D eigenvalue weighted by Gasteiger charge is 2.35. The average molecular weight is 557 g/mol. The molecule has 2 heterocycles. The lowest BCUT2D eigenvalue weighted by molar-refractivity contribution is -0.136. The minimum atomic E-state index is -0.565. The molecule has 0 aliphatic carbocycles. The number of fused-ring (bicyclic) bond motifs is 1. The van der Waals surface area contributed by atoms with Gasteiger partial charge < -0.3 is 19.5 Å². The predicted octanol–water partition coefficient (Wildman–Crippen LogP) is 6.51. The average Bonchev–Trinajstić information content (AvgIpc) is 3.30. The van der Waals surface area contributed by atoms with Crippen LogP contribution in [0.5, 0.6) is 11.5 Å². The van der Waals surface area contributed by atoms with Gasteiger partial charge in [-0.2, -0.15) is 4.98 Å². The highest BCUT2D eigenvalue weighted by atomic mass is 35.5. The van der Waals surface area contributed by atoms with Crippen LogP contribution in [-0.2, 0) is 15.3 Å². The number of aromatic nitrogens is 3. The standard InChI is InChI=1S/C28H33ClN4O4S/c1-6-36-23-15-19(11-12-22(23)37-14-13-17(2)3)25-24(26(34)35-5)18(4)30-27-31-28(32-33(25)27)38-16-20-9-7-8-10-21(20)29/h7-12,15,17,25H,6,13-14,16H2,1-5H3,(H,30,31,32). The van der Waals surface area contributed by atoms with E-state index in [0.717, 1.165) is 17.5 Å². The fourth-order valence-electron chi connectivity index (χ4n) is 4.12. The molecule has 1 aliphatic heterocycles. The van der Waals surface area contributed by atoms with Crippen molar-refractivity contribution >= 4 is 35.3 Å². The number of carbonyl (C=O) groups excluding carboxylic acids is 1. The van der Waals surface area contributed by atoms with Crippen LogP contribution < -0.4 is 14.8 Å². The number of carbonyl (C=O) groups is 1. The van der Waals surface area contributed by atoms with E-state index in [1.54, 1.807) is 4.68 Å². The summed E-state index contributed by atoms with van der Waals surface area (Å²) in [5, 5.41) is 9.25. The van der Waals surface area contributed by atoms with Crippen LogP contribution in [0.3, 0.4) is 0 Å². The van der Waals surface area contributed by atoms with Crippen molar-refractivity contribution in [2.45, 2.75) is 51.1 Å². The second-order valence-electron chi connectivity index (χ2n) is 9.27. The summed E-state index contributed by atoms with van der Waals surface area (Å²) in [6.07, 6.45) is 0.937. The lowest BCUT2D eigenvalue weighted by Gasteiger charge is -2.28. The number of allylic oxidation sites excluding steroid dienone is 1. The number of rotatable bonds is 11. The van der Waals surface area contributed by atoms with Crippen LogP contribution in [0, 0.1) is 5.92 Å². The summed E-state index contributed by atoms with van der Waals surface area (Å²) in [5.74, 6) is 2.52. The van der Waals surface area contributed by atoms with E-state index in [9.17, 15) is 4.79 Å². The van der Waals surface area contributed by atoms with Gasteiger partial charge in [0.15, 0.2) is 11.5 Å². The molecule has 0 bridgehead atoms. The fourth-order valence-corrected chi connectivity index (χ4v) is 5.23. The lowest BCUT2D eigenvalue weighted by atomic mass is 9.95. The van der Waals surface area contributed by atoms with Crippen molar-refractivity contribution in [2.24, 2.45) is 5.92 Å². The monoisotopic (exact) mass is 556 g/mol. The van der Waals surface area contributed by atoms with E-state index in [-0.39, 0.29) is 0 Å². The van der Waals surface area contributed by atoms with Gasteiger partial charge in [0.25, 0.3) is 0 Å². The van der Waals surface area contributed by atoms with Crippen LogP contribution >= 0.6 is 23.4 Å². The summed E-state index contributed by atoms with van der Waals surface area (Å²) in [5.41, 5.74) is 2.90. The Morgan fingerprint density at radius 3 is 2.68 bits per heavy atom. The zero-order chi connectivity index (χ0) is 27.2. The fraction of sp³-hybridized carbons (Fsp3) is 0.393. The summed E-state index contributed by atoms with van der Waals surface area (Å²) in [7, 11) is 1.37. The molecular weight excluding hydrogens is 524 g/mol. The van der Waals surface area contributed by atoms with Gasteiger partial charge in [-0.3, -0.25) is 0 Å². The second-order valence-corrected chi connectivity index (χ2v) is 10.6. The zero-order valence-electron chi connectivity index (χ0n) is 22.3. The van der Waals surface area contributed by atoms with Crippen LogP contribution in [0.4, 0.5) is 5.95 Å². The van der Waals surface area contributed by atoms with E-state index in [1.165, 1.54) is 18.9 Å². The normalized spacial score (nSPS) is 14.8. The molecule has 10 heteroatoms. The van der Waals surface area contributed by atoms with Gasteiger partial charge in [-0.1, -0.05) is 61.5 Å². The number of ether oxygens (including phenoxy) is 3. The molecule has 1 unspecified atom stereocenters. The van der Waals surface area contributed by atoms with Crippen molar-refractivity contribution in [3.8, 4) is 11.5 Å². The molecule has 1 N–H and O–H groups in total. The van der Waals surface area contributed by atoms with E-state index in [4.69, 9.17) is 35.9 Å². The number of hydrogen-bond acceptors (Lipinski definition) is 8. The van der Waals surface area contributed by atoms with E-state index in [0.29, 0.717) is 63.8 Å². The number of hydrogen-bond donors (Lipinski definition) is 1. The maximum Gasteiger partial charge on any atom is 0.338 e. The molecule has 2 aromatic carbocycles. The number of benzene rings is 2. The van der Waals surface area contributed by atoms with Crippen molar-refractivity contribution in [3.63, 3.8) is 0 Å². The molecule has 8 nitrogen and oxygen atoms in total. The molecular formula is C28H33ClN4O4S. The molecule has 38 heavy (non-hydrogen) atoms. The van der Waals surface area contributed by atoms with E-state index < -0.39 is 12.0 Å². The van der Waals surface area contributed by atoms with Crippen molar-refractivity contribution in [2.75, 3.05) is 25.6 Å². The first kappa shape index (κ1) is 27.9. The first-order chi connectivity index (χ1) is 18.3. The minimum absolute atomic E-state index is 0.443. The van der Waals surface area contributed by atoms with Crippen LogP contribution in [0.2, 0.25) is 5.02 Å². The molecule has 1 aliphatic rings. The highest BCUT2D eigenvalue weighted by Crippen LogP contribution is 2.40. The van der Waals surface area contributed by atoms with E-state index >= 15 is 0 Å². The van der Waals surface area contributed by atoms with Crippen LogP contribution in [0.25, 0.3) is 0 Å². The molecule has 0 saturated carbocycles. The molecule has 1 atom stereocenters. The predicted molar refractivity (Wildman–Crippen MR) is 150 cm³/mol. The third kappa shape index (κ3) is 6.27. The Morgan fingerprint density at radius 1 is 1.18 bits per heavy atom. The minimum Gasteiger partial charge on any atom is -0.490 e. The molecule has 0 radical (unpaired) electrons. The van der Waals surface area contributed by atoms with Gasteiger partial charge in [-0.15, -0.1) is 5.10 Å². The summed E-state index contributed by atoms with van der Waals surface area (Å²) in [6, 6.07) is 12.9. The molecule has 0 saturated heterocycles. The number of nitrogens with zero attached hydrogens (tertiary/aromatic N) is 3. The number of halogens is 1. The molecule has 0 amide bonds. The van der Waals surface area contributed by atoms with Crippen LogP contribution in [0.15, 0.2) is 58.9 Å². The molecule has 3 aromatic rings. The number of methoxy groups -OCH3 is 1. The number of anilines is 1. The third-order valence-corrected chi connectivity index (χ3v) is 7.34. The summed E-state index contributed by atoms with van der Waals surface area (Å²) in [4.78, 5) is 17.6. The van der Waals surface area contributed by atoms with Gasteiger partial charge in [0.05, 0.1) is 25.9 Å². The Kier molecular flexibility index (Phi) is 9.22. The summed E-state index contributed by atoms with van der Waals surface area (Å²) in [6.45, 7) is 9.15. The Labute approximate surface area is 232 Å². The van der Waals surface area contributed by atoms with E-state index in [2.05, 4.69) is 19.2 Å². The first-order valence-corrected chi connectivity index (χ1v) is 14.0. The van der Waals surface area contributed by atoms with Crippen molar-refractivity contribution in [1.29, 1.82) is 0 Å². The summed E-state index contributed by atoms with van der Waals surface area (Å²) >= 11 is 7.81. The van der Waals surface area contributed by atoms with Crippen molar-refractivity contribution in [1.82, 2.24) is 14.8 Å². The van der Waals surface area contributed by atoms with Gasteiger partial charge in [0.1, 0.15) is 6.04 Å². The topological polar surface area (TPSA) is 87.5 Å². The van der Waals surface area contributed by atoms with E-state index in [1.807, 2.05) is 56.3 Å². The second kappa shape index (κ2) is 12.6. The first-order valence-electron chi connectivity index (χ1n) is 12.6. The Bertz CT molecular complexity index is 1320. The molecule has 0 fully saturated rings. The highest BCUT2D eigenvalue weighted by molar-refractivity contribution is 7.98. The van der Waals surface area contributed by atoms with Gasteiger partial charge in [-0.05, 0) is 55.5 Å². The SMILES string of the molecule is CCOc1cc(C2C(C(=O)OC)=C(C)Nc3nc(SCc4ccccc4Cl)nn32)ccc1OCCC(C)C. The van der Waals surface area contributed by atoms with Crippen molar-refractivity contribution in [3.05, 3.63) is 69.9 Å². The number of nitrogens with one attached hydrogen (secondary N) is 1. The van der Waals surface area contributed by atoms with Crippen LogP contribution in [0.1, 0.15) is 51.3 Å². The maximum atomic E-state index is 13.0. The quantitative estimate of drug-likeness (QED) is 0.211. The number of thioether (sulfide) groups is 1. The lowest BCUT2D eigenvalue weighted by Crippen LogP contribution is -2.29. The number of esters is 1. The maximum absolute atomic E-state index is 13.0. The Morgan fingerprint density at radius 2 is 1.97 bits per heavy atom. The van der Waals surface area contributed by atoms with Crippen LogP contribution in [-0.4, -0.2) is 41.1 Å². The smallest absolute Gasteiger partial charge is 0.338 e. The molecule has 0 spiro atoms. The zero-order valence-corrected chi connectivity index (χ0v) is 23.9. The van der Waals surface area contributed by atoms with Gasteiger partial charge in [0.2, 0.25) is 11.1 Å². The Hall–Kier alpha value is -3.17. The molecule has 202 valence electrons. The van der Waals surface area contributed by atoms with Gasteiger partial charge in [0, 0.05) is 16.5 Å². The van der Waals surface area contributed by atoms with Crippen molar-refractivity contribution < 1.29 is 19.0 Å². The Balaban J connectivity index is 1.69.